The number of aromatic nitrogens is 2. The Morgan fingerprint density at radius 3 is 2.57 bits per heavy atom. The zero-order valence-corrected chi connectivity index (χ0v) is 11.7. The Kier molecular flexibility index (Phi) is 4.61. The molecule has 0 aliphatic rings. The molecule has 0 unspecified atom stereocenters. The first-order valence-electron chi connectivity index (χ1n) is 6.51. The van der Waals surface area contributed by atoms with Gasteiger partial charge in [-0.2, -0.15) is 0 Å². The van der Waals surface area contributed by atoms with E-state index in [0.29, 0.717) is 17.8 Å². The lowest BCUT2D eigenvalue weighted by Gasteiger charge is -2.19. The number of nitrogens with two attached hydrogens (primary N) is 1. The lowest BCUT2D eigenvalue weighted by atomic mass is 10.1. The lowest BCUT2D eigenvalue weighted by Crippen LogP contribution is -2.35. The number of nitrogens with zero attached hydrogens (tertiary/aromatic N) is 3. The van der Waals surface area contributed by atoms with E-state index in [0.717, 1.165) is 10.5 Å². The summed E-state index contributed by atoms with van der Waals surface area (Å²) in [5.74, 6) is -0.619. The van der Waals surface area contributed by atoms with Crippen LogP contribution in [0.1, 0.15) is 18.9 Å². The molecule has 6 nitrogen and oxygen atoms in total. The van der Waals surface area contributed by atoms with Crippen molar-refractivity contribution in [1.82, 2.24) is 9.97 Å². The van der Waals surface area contributed by atoms with Crippen molar-refractivity contribution in [3.05, 3.63) is 48.5 Å². The number of benzene rings is 1. The summed E-state index contributed by atoms with van der Waals surface area (Å²) in [7, 11) is 0. The molecule has 0 saturated heterocycles. The van der Waals surface area contributed by atoms with E-state index in [1.165, 1.54) is 13.3 Å². The highest BCUT2D eigenvalue weighted by atomic mass is 16.2. The van der Waals surface area contributed by atoms with Gasteiger partial charge in [-0.25, -0.2) is 9.97 Å². The number of nitrogen functional groups attached to an aromatic ring is 1. The molecule has 0 bridgehead atoms. The van der Waals surface area contributed by atoms with Crippen molar-refractivity contribution in [2.45, 2.75) is 19.8 Å². The van der Waals surface area contributed by atoms with Crippen molar-refractivity contribution >= 4 is 23.2 Å². The van der Waals surface area contributed by atoms with Crippen LogP contribution >= 0.6 is 0 Å². The van der Waals surface area contributed by atoms with Crippen LogP contribution in [0.3, 0.4) is 0 Å². The molecular formula is C15H16N4O2. The lowest BCUT2D eigenvalue weighted by molar-refractivity contribution is -0.125. The number of imide groups is 1. The quantitative estimate of drug-likeness (QED) is 0.861. The summed E-state index contributed by atoms with van der Waals surface area (Å²) in [6, 6.07) is 6.69. The zero-order chi connectivity index (χ0) is 15.2. The van der Waals surface area contributed by atoms with E-state index in [1.807, 2.05) is 0 Å². The van der Waals surface area contributed by atoms with Gasteiger partial charge in [-0.15, -0.1) is 0 Å². The summed E-state index contributed by atoms with van der Waals surface area (Å²) in [6.45, 7) is 1.35. The molecule has 0 spiro atoms. The maximum atomic E-state index is 12.3. The standard InChI is InChI=1S/C15H16N4O2/c1-11(20)19(14-4-2-3-13(16)7-14)15(21)6-5-12-8-17-10-18-9-12/h2-4,7-10H,5-6,16H2,1H3. The third kappa shape index (κ3) is 3.85. The maximum absolute atomic E-state index is 12.3. The van der Waals surface area contributed by atoms with Crippen molar-refractivity contribution < 1.29 is 9.59 Å². The summed E-state index contributed by atoms with van der Waals surface area (Å²) >= 11 is 0. The smallest absolute Gasteiger partial charge is 0.234 e. The third-order valence-corrected chi connectivity index (χ3v) is 2.93. The number of rotatable bonds is 4. The Morgan fingerprint density at radius 2 is 1.95 bits per heavy atom. The van der Waals surface area contributed by atoms with Gasteiger partial charge in [-0.05, 0) is 30.2 Å². The first-order valence-corrected chi connectivity index (χ1v) is 6.51. The van der Waals surface area contributed by atoms with Gasteiger partial charge in [-0.3, -0.25) is 14.5 Å². The fourth-order valence-corrected chi connectivity index (χ4v) is 1.99. The van der Waals surface area contributed by atoms with Crippen molar-refractivity contribution in [3.63, 3.8) is 0 Å². The van der Waals surface area contributed by atoms with Crippen LogP contribution < -0.4 is 10.6 Å². The number of carbonyl (C=O) groups excluding carboxylic acids is 2. The van der Waals surface area contributed by atoms with Gasteiger partial charge >= 0.3 is 0 Å². The molecule has 0 aliphatic carbocycles. The summed E-state index contributed by atoms with van der Waals surface area (Å²) in [4.78, 5) is 33.0. The topological polar surface area (TPSA) is 89.2 Å². The molecule has 1 aromatic carbocycles. The van der Waals surface area contributed by atoms with Gasteiger partial charge in [0.05, 0.1) is 5.69 Å². The summed E-state index contributed by atoms with van der Waals surface area (Å²) in [5.41, 5.74) is 7.53. The molecular weight excluding hydrogens is 268 g/mol. The molecule has 2 amide bonds. The van der Waals surface area contributed by atoms with Gasteiger partial charge < -0.3 is 5.73 Å². The summed E-state index contributed by atoms with van der Waals surface area (Å²) < 4.78 is 0. The monoisotopic (exact) mass is 284 g/mol. The fraction of sp³-hybridized carbons (Fsp3) is 0.200. The second kappa shape index (κ2) is 6.60. The van der Waals surface area contributed by atoms with Crippen LogP contribution in [0.4, 0.5) is 11.4 Å². The van der Waals surface area contributed by atoms with Crippen LogP contribution in [0, 0.1) is 0 Å². The number of aryl methyl sites for hydroxylation is 1. The average molecular weight is 284 g/mol. The molecule has 21 heavy (non-hydrogen) atoms. The first kappa shape index (κ1) is 14.6. The second-order valence-corrected chi connectivity index (χ2v) is 4.59. The minimum Gasteiger partial charge on any atom is -0.399 e. The molecule has 0 radical (unpaired) electrons. The molecule has 2 N–H and O–H groups in total. The number of hydrogen-bond acceptors (Lipinski definition) is 5. The zero-order valence-electron chi connectivity index (χ0n) is 11.7. The first-order chi connectivity index (χ1) is 10.1. The molecule has 0 saturated carbocycles. The van der Waals surface area contributed by atoms with Crippen molar-refractivity contribution in [1.29, 1.82) is 0 Å². The molecule has 6 heteroatoms. The van der Waals surface area contributed by atoms with Crippen molar-refractivity contribution in [2.75, 3.05) is 10.6 Å². The minimum atomic E-state index is -0.338. The highest BCUT2D eigenvalue weighted by Gasteiger charge is 2.20. The van der Waals surface area contributed by atoms with Crippen LogP contribution in [-0.4, -0.2) is 21.8 Å². The van der Waals surface area contributed by atoms with Crippen LogP contribution in [0.15, 0.2) is 43.0 Å². The number of carbonyl (C=O) groups is 2. The average Bonchev–Trinajstić information content (AvgIpc) is 2.46. The molecule has 2 aromatic rings. The Labute approximate surface area is 122 Å². The number of hydrogen-bond donors (Lipinski definition) is 1. The van der Waals surface area contributed by atoms with Gasteiger partial charge in [0.2, 0.25) is 11.8 Å². The summed E-state index contributed by atoms with van der Waals surface area (Å²) in [6.07, 6.45) is 5.41. The van der Waals surface area contributed by atoms with Crippen LogP contribution in [0.25, 0.3) is 0 Å². The Hall–Kier alpha value is -2.76. The predicted molar refractivity (Wildman–Crippen MR) is 79.4 cm³/mol. The molecule has 1 aromatic heterocycles. The Bertz CT molecular complexity index is 643. The Balaban J connectivity index is 2.11. The van der Waals surface area contributed by atoms with E-state index in [4.69, 9.17) is 5.73 Å². The van der Waals surface area contributed by atoms with E-state index in [2.05, 4.69) is 9.97 Å². The van der Waals surface area contributed by atoms with Gasteiger partial charge in [0.25, 0.3) is 0 Å². The van der Waals surface area contributed by atoms with E-state index in [1.54, 1.807) is 36.7 Å². The van der Waals surface area contributed by atoms with Gasteiger partial charge in [0, 0.05) is 31.4 Å². The summed E-state index contributed by atoms with van der Waals surface area (Å²) in [5, 5.41) is 0. The second-order valence-electron chi connectivity index (χ2n) is 4.59. The molecule has 108 valence electrons. The van der Waals surface area contributed by atoms with Gasteiger partial charge in [0.15, 0.2) is 0 Å². The van der Waals surface area contributed by atoms with Crippen LogP contribution in [0.2, 0.25) is 0 Å². The molecule has 0 atom stereocenters. The molecule has 0 aliphatic heterocycles. The molecule has 1 heterocycles. The fourth-order valence-electron chi connectivity index (χ4n) is 1.99. The van der Waals surface area contributed by atoms with Crippen molar-refractivity contribution in [3.8, 4) is 0 Å². The minimum absolute atomic E-state index is 0.196. The van der Waals surface area contributed by atoms with E-state index in [-0.39, 0.29) is 18.2 Å². The van der Waals surface area contributed by atoms with E-state index < -0.39 is 0 Å². The van der Waals surface area contributed by atoms with Gasteiger partial charge in [0.1, 0.15) is 6.33 Å². The normalized spacial score (nSPS) is 10.1. The SMILES string of the molecule is CC(=O)N(C(=O)CCc1cncnc1)c1cccc(N)c1. The number of anilines is 2. The van der Waals surface area contributed by atoms with E-state index >= 15 is 0 Å². The van der Waals surface area contributed by atoms with Gasteiger partial charge in [-0.1, -0.05) is 6.07 Å². The maximum Gasteiger partial charge on any atom is 0.234 e. The Morgan fingerprint density at radius 1 is 1.24 bits per heavy atom. The van der Waals surface area contributed by atoms with E-state index in [9.17, 15) is 9.59 Å². The predicted octanol–water partition coefficient (Wildman–Crippen LogP) is 1.57. The molecule has 2 rings (SSSR count). The number of amides is 2. The van der Waals surface area contributed by atoms with Crippen LogP contribution in [-0.2, 0) is 16.0 Å². The highest BCUT2D eigenvalue weighted by molar-refractivity contribution is 6.14. The highest BCUT2D eigenvalue weighted by Crippen LogP contribution is 2.19. The van der Waals surface area contributed by atoms with Crippen LogP contribution in [0.5, 0.6) is 0 Å². The molecule has 0 fully saturated rings. The van der Waals surface area contributed by atoms with Crippen molar-refractivity contribution in [2.24, 2.45) is 0 Å². The largest absolute Gasteiger partial charge is 0.399 e. The third-order valence-electron chi connectivity index (χ3n) is 2.93.